The highest BCUT2D eigenvalue weighted by Crippen LogP contribution is 2.08. The van der Waals surface area contributed by atoms with Gasteiger partial charge in [0.25, 0.3) is 5.56 Å². The summed E-state index contributed by atoms with van der Waals surface area (Å²) in [5, 5.41) is 13.0. The summed E-state index contributed by atoms with van der Waals surface area (Å²) in [7, 11) is 0. The lowest BCUT2D eigenvalue weighted by molar-refractivity contribution is 0.0684. The first-order valence-electron chi connectivity index (χ1n) is 7.56. The molecule has 0 saturated carbocycles. The Kier molecular flexibility index (Phi) is 4.30. The fourth-order valence-electron chi connectivity index (χ4n) is 2.48. The molecule has 0 aliphatic rings. The van der Waals surface area contributed by atoms with Crippen molar-refractivity contribution < 1.29 is 9.90 Å². The number of aryl methyl sites for hydroxylation is 1. The van der Waals surface area contributed by atoms with Gasteiger partial charge in [-0.15, -0.1) is 0 Å². The minimum atomic E-state index is -1.48. The zero-order valence-electron chi connectivity index (χ0n) is 13.4. The van der Waals surface area contributed by atoms with Gasteiger partial charge in [0.15, 0.2) is 0 Å². The van der Waals surface area contributed by atoms with Gasteiger partial charge >= 0.3 is 11.7 Å². The van der Waals surface area contributed by atoms with E-state index in [1.807, 2.05) is 19.1 Å². The number of hydrogen-bond donors (Lipinski definition) is 1. The molecule has 0 fully saturated rings. The molecule has 0 spiro atoms. The lowest BCUT2D eigenvalue weighted by atomic mass is 10.1. The highest BCUT2D eigenvalue weighted by molar-refractivity contribution is 5.84. The molecule has 0 unspecified atom stereocenters. The van der Waals surface area contributed by atoms with Gasteiger partial charge in [0.2, 0.25) is 5.69 Å². The summed E-state index contributed by atoms with van der Waals surface area (Å²) in [6.07, 6.45) is 0. The van der Waals surface area contributed by atoms with Crippen molar-refractivity contribution in [1.82, 2.24) is 14.3 Å². The van der Waals surface area contributed by atoms with Gasteiger partial charge < -0.3 is 5.11 Å². The molecule has 0 saturated heterocycles. The maximum absolute atomic E-state index is 12.8. The molecule has 2 aromatic carbocycles. The van der Waals surface area contributed by atoms with Crippen LogP contribution in [-0.4, -0.2) is 25.4 Å². The van der Waals surface area contributed by atoms with Crippen molar-refractivity contribution in [2.75, 3.05) is 0 Å². The number of nitrogens with zero attached hydrogens (tertiary/aromatic N) is 3. The molecule has 1 aromatic heterocycles. The predicted octanol–water partition coefficient (Wildman–Crippen LogP) is 1.45. The van der Waals surface area contributed by atoms with Crippen LogP contribution in [0.25, 0.3) is 5.69 Å². The quantitative estimate of drug-likeness (QED) is 0.777. The van der Waals surface area contributed by atoms with Gasteiger partial charge in [0.05, 0.1) is 12.2 Å². The zero-order chi connectivity index (χ0) is 18.0. The number of aromatic carboxylic acids is 1. The van der Waals surface area contributed by atoms with Crippen LogP contribution in [0.5, 0.6) is 0 Å². The first-order chi connectivity index (χ1) is 12.0. The van der Waals surface area contributed by atoms with Crippen molar-refractivity contribution in [3.8, 4) is 5.69 Å². The molecule has 126 valence electrons. The van der Waals surface area contributed by atoms with Crippen molar-refractivity contribution in [3.05, 3.63) is 92.3 Å². The molecule has 7 nitrogen and oxygen atoms in total. The smallest absolute Gasteiger partial charge is 0.362 e. The summed E-state index contributed by atoms with van der Waals surface area (Å²) >= 11 is 0. The number of hydrogen-bond acceptors (Lipinski definition) is 4. The molecule has 0 atom stereocenters. The molecule has 0 bridgehead atoms. The minimum Gasteiger partial charge on any atom is -0.476 e. The summed E-state index contributed by atoms with van der Waals surface area (Å²) in [6, 6.07) is 15.7. The SMILES string of the molecule is Cc1ccccc1Cn1c(=O)c(C(=O)O)nn(-c2ccccc2)c1=O. The van der Waals surface area contributed by atoms with Gasteiger partial charge in [-0.1, -0.05) is 42.5 Å². The molecule has 25 heavy (non-hydrogen) atoms. The van der Waals surface area contributed by atoms with E-state index in [4.69, 9.17) is 0 Å². The number of benzene rings is 2. The molecule has 0 aliphatic heterocycles. The number of carboxylic acids is 1. The second kappa shape index (κ2) is 6.56. The largest absolute Gasteiger partial charge is 0.476 e. The summed E-state index contributed by atoms with van der Waals surface area (Å²) < 4.78 is 1.83. The summed E-state index contributed by atoms with van der Waals surface area (Å²) in [5.74, 6) is -1.48. The van der Waals surface area contributed by atoms with Gasteiger partial charge in [-0.25, -0.2) is 9.59 Å². The van der Waals surface area contributed by atoms with E-state index in [1.54, 1.807) is 42.5 Å². The lowest BCUT2D eigenvalue weighted by Crippen LogP contribution is -2.44. The van der Waals surface area contributed by atoms with Crippen LogP contribution in [0.4, 0.5) is 0 Å². The first-order valence-corrected chi connectivity index (χ1v) is 7.56. The second-order valence-corrected chi connectivity index (χ2v) is 5.50. The Balaban J connectivity index is 2.26. The van der Waals surface area contributed by atoms with Crippen molar-refractivity contribution in [3.63, 3.8) is 0 Å². The maximum Gasteiger partial charge on any atom is 0.362 e. The molecular weight excluding hydrogens is 322 g/mol. The number of rotatable bonds is 4. The van der Waals surface area contributed by atoms with Crippen molar-refractivity contribution >= 4 is 5.97 Å². The number of para-hydroxylation sites is 1. The van der Waals surface area contributed by atoms with E-state index in [0.717, 1.165) is 20.4 Å². The van der Waals surface area contributed by atoms with Crippen molar-refractivity contribution in [2.24, 2.45) is 0 Å². The van der Waals surface area contributed by atoms with E-state index in [0.29, 0.717) is 5.69 Å². The number of carbonyl (C=O) groups is 1. The normalized spacial score (nSPS) is 10.6. The Morgan fingerprint density at radius 2 is 1.68 bits per heavy atom. The van der Waals surface area contributed by atoms with Gasteiger partial charge in [-0.2, -0.15) is 9.78 Å². The first kappa shape index (κ1) is 16.4. The Morgan fingerprint density at radius 3 is 2.32 bits per heavy atom. The Labute approximate surface area is 142 Å². The molecule has 1 heterocycles. The third-order valence-corrected chi connectivity index (χ3v) is 3.85. The summed E-state index contributed by atoms with van der Waals surface area (Å²) in [4.78, 5) is 36.6. The number of carboxylic acid groups (broad SMARTS) is 1. The van der Waals surface area contributed by atoms with Crippen molar-refractivity contribution in [1.29, 1.82) is 0 Å². The average Bonchev–Trinajstić information content (AvgIpc) is 2.60. The standard InChI is InChI=1S/C18H15N3O4/c1-12-7-5-6-8-13(12)11-20-16(22)15(17(23)24)19-21(18(20)25)14-9-3-2-4-10-14/h2-10H,11H2,1H3,(H,23,24). The van der Waals surface area contributed by atoms with E-state index in [9.17, 15) is 19.5 Å². The lowest BCUT2D eigenvalue weighted by Gasteiger charge is -2.12. The monoisotopic (exact) mass is 337 g/mol. The van der Waals surface area contributed by atoms with E-state index in [1.165, 1.54) is 0 Å². The average molecular weight is 337 g/mol. The fraction of sp³-hybridized carbons (Fsp3) is 0.111. The van der Waals surface area contributed by atoms with E-state index < -0.39 is 22.9 Å². The molecule has 0 amide bonds. The molecule has 1 N–H and O–H groups in total. The van der Waals surface area contributed by atoms with E-state index in [-0.39, 0.29) is 6.54 Å². The van der Waals surface area contributed by atoms with Gasteiger partial charge in [0, 0.05) is 0 Å². The second-order valence-electron chi connectivity index (χ2n) is 5.50. The number of aromatic nitrogens is 3. The van der Waals surface area contributed by atoms with Crippen LogP contribution >= 0.6 is 0 Å². The Bertz CT molecular complexity index is 1050. The predicted molar refractivity (Wildman–Crippen MR) is 91.3 cm³/mol. The van der Waals surface area contributed by atoms with Crippen LogP contribution in [0.15, 0.2) is 64.2 Å². The van der Waals surface area contributed by atoms with Crippen molar-refractivity contribution in [2.45, 2.75) is 13.5 Å². The van der Waals surface area contributed by atoms with Crippen LogP contribution in [0, 0.1) is 6.92 Å². The van der Waals surface area contributed by atoms with Crippen LogP contribution in [0.3, 0.4) is 0 Å². The zero-order valence-corrected chi connectivity index (χ0v) is 13.4. The highest BCUT2D eigenvalue weighted by Gasteiger charge is 2.19. The van der Waals surface area contributed by atoms with Crippen LogP contribution < -0.4 is 11.2 Å². The summed E-state index contributed by atoms with van der Waals surface area (Å²) in [5.41, 5.74) is -0.277. The molecule has 7 heteroatoms. The highest BCUT2D eigenvalue weighted by atomic mass is 16.4. The van der Waals surface area contributed by atoms with Gasteiger partial charge in [-0.05, 0) is 30.2 Å². The van der Waals surface area contributed by atoms with Crippen LogP contribution in [0.1, 0.15) is 21.6 Å². The van der Waals surface area contributed by atoms with E-state index in [2.05, 4.69) is 5.10 Å². The fourth-order valence-corrected chi connectivity index (χ4v) is 2.48. The van der Waals surface area contributed by atoms with Crippen LogP contribution in [0.2, 0.25) is 0 Å². The third kappa shape index (κ3) is 3.12. The maximum atomic E-state index is 12.8. The van der Waals surface area contributed by atoms with Crippen LogP contribution in [-0.2, 0) is 6.54 Å². The molecule has 3 rings (SSSR count). The van der Waals surface area contributed by atoms with Gasteiger partial charge in [-0.3, -0.25) is 9.36 Å². The minimum absolute atomic E-state index is 0.0278. The third-order valence-electron chi connectivity index (χ3n) is 3.85. The summed E-state index contributed by atoms with van der Waals surface area (Å²) in [6.45, 7) is 1.83. The topological polar surface area (TPSA) is 94.2 Å². The Morgan fingerprint density at radius 1 is 1.04 bits per heavy atom. The molecular formula is C18H15N3O4. The molecule has 0 aliphatic carbocycles. The Hall–Kier alpha value is -3.48. The van der Waals surface area contributed by atoms with Gasteiger partial charge in [0.1, 0.15) is 0 Å². The molecule has 3 aromatic rings. The molecule has 0 radical (unpaired) electrons. The van der Waals surface area contributed by atoms with E-state index >= 15 is 0 Å².